The van der Waals surface area contributed by atoms with Crippen molar-refractivity contribution in [1.29, 1.82) is 5.26 Å². The first-order valence-corrected chi connectivity index (χ1v) is 10.5. The Morgan fingerprint density at radius 2 is 1.69 bits per heavy atom. The monoisotopic (exact) mass is 465 g/mol. The molecule has 35 heavy (non-hydrogen) atoms. The van der Waals surface area contributed by atoms with E-state index < -0.39 is 11.7 Å². The molecule has 0 aliphatic rings. The Morgan fingerprint density at radius 3 is 2.46 bits per heavy atom. The maximum atomic E-state index is 12.8. The van der Waals surface area contributed by atoms with Crippen molar-refractivity contribution in [3.8, 4) is 22.9 Å². The van der Waals surface area contributed by atoms with Gasteiger partial charge in [0, 0.05) is 22.4 Å². The third kappa shape index (κ3) is 5.26. The normalized spacial score (nSPS) is 10.3. The predicted molar refractivity (Wildman–Crippen MR) is 128 cm³/mol. The minimum atomic E-state index is -0.575. The largest absolute Gasteiger partial charge is 0.507 e. The number of Topliss-reactive ketones (excluding diaryl/α,β-unsaturated/α-hetero) is 1. The van der Waals surface area contributed by atoms with Gasteiger partial charge in [0.2, 0.25) is 5.78 Å². The molecule has 0 saturated heterocycles. The van der Waals surface area contributed by atoms with Gasteiger partial charge in [0.15, 0.2) is 5.76 Å². The topological polar surface area (TPSA) is 132 Å². The van der Waals surface area contributed by atoms with Crippen LogP contribution in [0.25, 0.3) is 11.1 Å². The zero-order valence-corrected chi connectivity index (χ0v) is 18.3. The van der Waals surface area contributed by atoms with E-state index in [0.717, 1.165) is 0 Å². The van der Waals surface area contributed by atoms with E-state index in [4.69, 9.17) is 9.68 Å². The van der Waals surface area contributed by atoms with Crippen molar-refractivity contribution in [2.24, 2.45) is 0 Å². The molecular weight excluding hydrogens is 446 g/mol. The fourth-order valence-corrected chi connectivity index (χ4v) is 3.42. The van der Waals surface area contributed by atoms with Crippen LogP contribution in [0.5, 0.6) is 5.75 Å². The number of hydrogen-bond donors (Lipinski definition) is 3. The highest BCUT2D eigenvalue weighted by molar-refractivity contribution is 6.06. The third-order valence-corrected chi connectivity index (χ3v) is 5.17. The second-order valence-electron chi connectivity index (χ2n) is 7.51. The summed E-state index contributed by atoms with van der Waals surface area (Å²) in [6.45, 7) is -0.341. The van der Waals surface area contributed by atoms with E-state index in [1.807, 2.05) is 6.07 Å². The fraction of sp³-hybridized carbons (Fsp3) is 0.0370. The number of nitrogens with zero attached hydrogens (tertiary/aromatic N) is 1. The van der Waals surface area contributed by atoms with Gasteiger partial charge in [0.1, 0.15) is 11.8 Å². The molecule has 4 aromatic rings. The van der Waals surface area contributed by atoms with Crippen LogP contribution in [0, 0.1) is 11.3 Å². The summed E-state index contributed by atoms with van der Waals surface area (Å²) < 4.78 is 5.40. The highest BCUT2D eigenvalue weighted by Gasteiger charge is 2.19. The Hall–Kier alpha value is -5.16. The fourth-order valence-electron chi connectivity index (χ4n) is 3.42. The van der Waals surface area contributed by atoms with Gasteiger partial charge in [-0.25, -0.2) is 0 Å². The molecule has 172 valence electrons. The Kier molecular flexibility index (Phi) is 6.70. The van der Waals surface area contributed by atoms with Gasteiger partial charge < -0.3 is 20.2 Å². The first-order valence-electron chi connectivity index (χ1n) is 10.5. The molecule has 0 saturated carbocycles. The summed E-state index contributed by atoms with van der Waals surface area (Å²) in [5.41, 5.74) is 2.31. The molecule has 0 bridgehead atoms. The molecule has 1 aromatic heterocycles. The van der Waals surface area contributed by atoms with Crippen LogP contribution in [-0.4, -0.2) is 29.2 Å². The zero-order chi connectivity index (χ0) is 24.8. The molecule has 1 heterocycles. The number of aromatic hydroxyl groups is 1. The second-order valence-corrected chi connectivity index (χ2v) is 7.51. The maximum absolute atomic E-state index is 12.8. The Bertz CT molecular complexity index is 1450. The number of nitriles is 1. The summed E-state index contributed by atoms with van der Waals surface area (Å²) in [5.74, 6) is -1.48. The van der Waals surface area contributed by atoms with Crippen LogP contribution < -0.4 is 10.6 Å². The summed E-state index contributed by atoms with van der Waals surface area (Å²) >= 11 is 0. The van der Waals surface area contributed by atoms with Crippen LogP contribution in [0.15, 0.2) is 89.5 Å². The first kappa shape index (κ1) is 23.0. The number of amides is 2. The van der Waals surface area contributed by atoms with Gasteiger partial charge in [-0.15, -0.1) is 0 Å². The number of ketones is 1. The molecular formula is C27H19N3O5. The molecule has 0 unspecified atom stereocenters. The first-order chi connectivity index (χ1) is 17.0. The summed E-state index contributed by atoms with van der Waals surface area (Å²) in [4.78, 5) is 37.6. The standard InChI is InChI=1S/C27H19N3O5/c28-15-20-13-19(9-10-23(20)31)26(33)29-16-24(32)25-22(11-12-35-25)18-7-4-8-21(14-18)30-27(34)17-5-2-1-3-6-17/h1-14,31H,16H2,(H,29,33)(H,30,34). The van der Waals surface area contributed by atoms with Crippen molar-refractivity contribution < 1.29 is 23.9 Å². The van der Waals surface area contributed by atoms with Crippen molar-refractivity contribution >= 4 is 23.3 Å². The van der Waals surface area contributed by atoms with Crippen LogP contribution in [0.4, 0.5) is 5.69 Å². The second kappa shape index (κ2) is 10.2. The lowest BCUT2D eigenvalue weighted by Gasteiger charge is -2.08. The van der Waals surface area contributed by atoms with Gasteiger partial charge in [0.25, 0.3) is 11.8 Å². The van der Waals surface area contributed by atoms with E-state index in [2.05, 4.69) is 10.6 Å². The molecule has 0 fully saturated rings. The van der Waals surface area contributed by atoms with E-state index in [1.54, 1.807) is 60.7 Å². The van der Waals surface area contributed by atoms with Crippen LogP contribution >= 0.6 is 0 Å². The van der Waals surface area contributed by atoms with E-state index in [1.165, 1.54) is 24.5 Å². The van der Waals surface area contributed by atoms with Crippen molar-refractivity contribution in [2.75, 3.05) is 11.9 Å². The number of benzene rings is 3. The van der Waals surface area contributed by atoms with Crippen LogP contribution in [0.3, 0.4) is 0 Å². The number of phenols is 1. The number of rotatable bonds is 7. The van der Waals surface area contributed by atoms with Gasteiger partial charge in [0.05, 0.1) is 18.4 Å². The van der Waals surface area contributed by atoms with Gasteiger partial charge in [-0.2, -0.15) is 5.26 Å². The minimum absolute atomic E-state index is 0.0449. The highest BCUT2D eigenvalue weighted by Crippen LogP contribution is 2.28. The molecule has 8 nitrogen and oxygen atoms in total. The molecule has 8 heteroatoms. The lowest BCUT2D eigenvalue weighted by atomic mass is 10.0. The number of carbonyl (C=O) groups excluding carboxylic acids is 3. The van der Waals surface area contributed by atoms with Gasteiger partial charge >= 0.3 is 0 Å². The summed E-state index contributed by atoms with van der Waals surface area (Å²) in [6.07, 6.45) is 1.37. The zero-order valence-electron chi connectivity index (χ0n) is 18.3. The smallest absolute Gasteiger partial charge is 0.255 e. The average Bonchev–Trinajstić information content (AvgIpc) is 3.38. The SMILES string of the molecule is N#Cc1cc(C(=O)NCC(=O)c2occc2-c2cccc(NC(=O)c3ccccc3)c2)ccc1O. The molecule has 0 spiro atoms. The van der Waals surface area contributed by atoms with E-state index in [-0.39, 0.29) is 35.1 Å². The molecule has 0 atom stereocenters. The molecule has 4 rings (SSSR count). The molecule has 0 aliphatic heterocycles. The molecule has 2 amide bonds. The number of phenolic OH excluding ortho intramolecular Hbond substituents is 1. The molecule has 0 radical (unpaired) electrons. The highest BCUT2D eigenvalue weighted by atomic mass is 16.3. The van der Waals surface area contributed by atoms with E-state index in [0.29, 0.717) is 22.4 Å². The van der Waals surface area contributed by atoms with E-state index in [9.17, 15) is 19.5 Å². The van der Waals surface area contributed by atoms with Crippen molar-refractivity contribution in [1.82, 2.24) is 5.32 Å². The van der Waals surface area contributed by atoms with Gasteiger partial charge in [-0.05, 0) is 54.1 Å². The Morgan fingerprint density at radius 1 is 0.886 bits per heavy atom. The molecule has 3 N–H and O–H groups in total. The van der Waals surface area contributed by atoms with Crippen molar-refractivity contribution in [3.63, 3.8) is 0 Å². The third-order valence-electron chi connectivity index (χ3n) is 5.17. The lowest BCUT2D eigenvalue weighted by molar-refractivity contribution is 0.0893. The van der Waals surface area contributed by atoms with Crippen molar-refractivity contribution in [3.05, 3.63) is 108 Å². The number of carbonyl (C=O) groups is 3. The molecule has 3 aromatic carbocycles. The average molecular weight is 465 g/mol. The van der Waals surface area contributed by atoms with Crippen LogP contribution in [-0.2, 0) is 0 Å². The summed E-state index contributed by atoms with van der Waals surface area (Å²) in [5, 5.41) is 23.9. The Balaban J connectivity index is 1.46. The lowest BCUT2D eigenvalue weighted by Crippen LogP contribution is -2.29. The molecule has 0 aliphatic carbocycles. The van der Waals surface area contributed by atoms with Crippen molar-refractivity contribution in [2.45, 2.75) is 0 Å². The maximum Gasteiger partial charge on any atom is 0.255 e. The quantitative estimate of drug-likeness (QED) is 0.347. The number of hydrogen-bond acceptors (Lipinski definition) is 6. The minimum Gasteiger partial charge on any atom is -0.507 e. The summed E-state index contributed by atoms with van der Waals surface area (Å²) in [6, 6.07) is 23.0. The number of anilines is 1. The number of furan rings is 1. The predicted octanol–water partition coefficient (Wildman–Crippen LogP) is 4.39. The van der Waals surface area contributed by atoms with E-state index >= 15 is 0 Å². The number of nitrogens with one attached hydrogen (secondary N) is 2. The summed E-state index contributed by atoms with van der Waals surface area (Å²) in [7, 11) is 0. The Labute approximate surface area is 200 Å². The van der Waals surface area contributed by atoms with Crippen LogP contribution in [0.1, 0.15) is 36.8 Å². The van der Waals surface area contributed by atoms with Gasteiger partial charge in [-0.3, -0.25) is 14.4 Å². The van der Waals surface area contributed by atoms with Gasteiger partial charge in [-0.1, -0.05) is 30.3 Å². The van der Waals surface area contributed by atoms with Crippen LogP contribution in [0.2, 0.25) is 0 Å².